The number of amides is 10. The minimum absolute atomic E-state index is 0.0204. The number of rotatable bonds is 40. The highest BCUT2D eigenvalue weighted by Gasteiger charge is 2.35. The average Bonchev–Trinajstić information content (AvgIpc) is 3.37. The summed E-state index contributed by atoms with van der Waals surface area (Å²) in [5.74, 6) is -13.3. The Morgan fingerprint density at radius 2 is 0.872 bits per heavy atom. The molecule has 0 aromatic heterocycles. The van der Waals surface area contributed by atoms with E-state index < -0.39 is 163 Å². The van der Waals surface area contributed by atoms with Crippen LogP contribution in [0.3, 0.4) is 0 Å². The predicted octanol–water partition coefficient (Wildman–Crippen LogP) is -5.02. The summed E-state index contributed by atoms with van der Waals surface area (Å²) in [6.07, 6.45) is -0.245. The smallest absolute Gasteiger partial charge is 0.326 e. The molecule has 0 aliphatic heterocycles. The Morgan fingerprint density at radius 1 is 0.487 bits per heavy atom. The molecule has 0 aliphatic rings. The molecule has 0 saturated heterocycles. The Hall–Kier alpha value is -6.12. The predicted molar refractivity (Wildman–Crippen MR) is 297 cm³/mol. The zero-order valence-electron chi connectivity index (χ0n) is 44.7. The van der Waals surface area contributed by atoms with Gasteiger partial charge in [-0.1, -0.05) is 34.1 Å². The summed E-state index contributed by atoms with van der Waals surface area (Å²) in [4.78, 5) is 160. The number of aliphatic carboxylic acids is 2. The van der Waals surface area contributed by atoms with Crippen molar-refractivity contribution < 1.29 is 67.7 Å². The van der Waals surface area contributed by atoms with Crippen LogP contribution >= 0.6 is 37.9 Å². The first kappa shape index (κ1) is 71.9. The molecule has 0 aromatic carbocycles. The molecule has 0 saturated carbocycles. The van der Waals surface area contributed by atoms with Crippen molar-refractivity contribution in [2.24, 2.45) is 45.5 Å². The number of aliphatic imine (C=N–C) groups is 1. The normalized spacial score (nSPS) is 15.3. The molecule has 0 spiro atoms. The van der Waals surface area contributed by atoms with Gasteiger partial charge in [0, 0.05) is 36.6 Å². The number of carbonyl (C=O) groups is 12. The molecule has 0 unspecified atom stereocenters. The topological polar surface area (TPSA) is 496 Å². The van der Waals surface area contributed by atoms with Crippen LogP contribution in [0, 0.1) is 11.8 Å². The number of unbranched alkanes of at least 4 members (excludes halogenated alkanes) is 1. The Kier molecular flexibility index (Phi) is 35.4. The number of guanidine groups is 1. The molecule has 0 fully saturated rings. The number of hydrogen-bond donors (Lipinski definition) is 19. The minimum atomic E-state index is -1.70. The first-order valence-electron chi connectivity index (χ1n) is 25.4. The molecule has 10 amide bonds. The fraction of sp³-hybridized carbons (Fsp3) is 0.717. The Morgan fingerprint density at radius 3 is 1.29 bits per heavy atom. The Bertz CT molecular complexity index is 2070. The van der Waals surface area contributed by atoms with E-state index in [1.54, 1.807) is 20.8 Å². The van der Waals surface area contributed by atoms with Gasteiger partial charge in [0.25, 0.3) is 0 Å². The van der Waals surface area contributed by atoms with Crippen molar-refractivity contribution in [2.75, 3.05) is 30.3 Å². The first-order chi connectivity index (χ1) is 36.6. The number of thiol groups is 3. The van der Waals surface area contributed by atoms with E-state index >= 15 is 0 Å². The number of nitrogens with zero attached hydrogens (tertiary/aromatic N) is 1. The van der Waals surface area contributed by atoms with Gasteiger partial charge in [0.2, 0.25) is 59.1 Å². The zero-order chi connectivity index (χ0) is 59.8. The molecule has 0 aromatic rings. The number of primary amides is 1. The molecule has 21 N–H and O–H groups in total. The average molecular weight is 1170 g/mol. The fourth-order valence-electron chi connectivity index (χ4n) is 6.99. The van der Waals surface area contributed by atoms with E-state index in [1.807, 2.05) is 6.92 Å². The van der Waals surface area contributed by atoms with E-state index in [9.17, 15) is 62.6 Å². The van der Waals surface area contributed by atoms with E-state index in [2.05, 4.69) is 90.7 Å². The van der Waals surface area contributed by atoms with Crippen molar-refractivity contribution >= 4 is 115 Å². The zero-order valence-corrected chi connectivity index (χ0v) is 47.4. The van der Waals surface area contributed by atoms with Gasteiger partial charge in [0.05, 0.1) is 6.04 Å². The summed E-state index contributed by atoms with van der Waals surface area (Å²) in [7, 11) is 0. The second-order valence-corrected chi connectivity index (χ2v) is 19.9. The molecule has 0 radical (unpaired) electrons. The maximum absolute atomic E-state index is 13.9. The van der Waals surface area contributed by atoms with Crippen molar-refractivity contribution in [1.29, 1.82) is 0 Å². The molecule has 32 heteroatoms. The van der Waals surface area contributed by atoms with Crippen LogP contribution in [0.2, 0.25) is 0 Å². The summed E-state index contributed by atoms with van der Waals surface area (Å²) in [5, 5.41) is 40.7. The summed E-state index contributed by atoms with van der Waals surface area (Å²) < 4.78 is 0. The third-order valence-electron chi connectivity index (χ3n) is 11.8. The highest BCUT2D eigenvalue weighted by atomic mass is 32.1. The number of nitrogens with two attached hydrogens (primary N) is 5. The molecule has 0 rings (SSSR count). The summed E-state index contributed by atoms with van der Waals surface area (Å²) in [6, 6.07) is -13.6. The van der Waals surface area contributed by atoms with Crippen LogP contribution in [0.1, 0.15) is 105 Å². The van der Waals surface area contributed by atoms with Crippen molar-refractivity contribution in [1.82, 2.24) is 47.9 Å². The highest BCUT2D eigenvalue weighted by molar-refractivity contribution is 7.80. The van der Waals surface area contributed by atoms with Gasteiger partial charge in [-0.2, -0.15) is 37.9 Å². The van der Waals surface area contributed by atoms with E-state index in [4.69, 9.17) is 33.8 Å². The van der Waals surface area contributed by atoms with Crippen molar-refractivity contribution in [3.63, 3.8) is 0 Å². The molecule has 78 heavy (non-hydrogen) atoms. The summed E-state index contributed by atoms with van der Waals surface area (Å²) >= 11 is 12.6. The number of hydrogen-bond acceptors (Lipinski definition) is 18. The lowest BCUT2D eigenvalue weighted by molar-refractivity contribution is -0.143. The lowest BCUT2D eigenvalue weighted by Crippen LogP contribution is -2.61. The van der Waals surface area contributed by atoms with Crippen LogP contribution < -0.4 is 76.5 Å². The Balaban J connectivity index is 6.34. The Labute approximate surface area is 470 Å². The standard InChI is InChI=1S/C46H83N15O14S3/c1-6-23(4)35(49)44(73)56-25(10-7-8-16-47)37(66)53-24(5)36(65)59-30(19-76)43(72)58-29(18-22(2)3)40(69)61-32(21-78)41(70)54-26(11-9-17-52-46(50)51)38(67)60-31(20-77)42(71)55-27(12-14-33(48)62)39(68)57-28(45(74)75)13-15-34(63)64/h22-32,35,76-78H,6-21,47,49H2,1-5H3,(H2,48,62)(H,53,66)(H,54,70)(H,55,71)(H,56,73)(H,57,68)(H,58,72)(H,59,65)(H,60,67)(H,61,69)(H,63,64)(H,74,75)(H4,50,51,52)/t23-,24-,25-,26-,27-,28-,29-,30-,31-,32-,35-/m0/s1. The highest BCUT2D eigenvalue weighted by Crippen LogP contribution is 2.11. The maximum Gasteiger partial charge on any atom is 0.326 e. The van der Waals surface area contributed by atoms with Gasteiger partial charge < -0.3 is 86.7 Å². The third kappa shape index (κ3) is 28.5. The van der Waals surface area contributed by atoms with Crippen LogP contribution in [-0.2, 0) is 57.5 Å². The van der Waals surface area contributed by atoms with E-state index in [1.165, 1.54) is 6.92 Å². The lowest BCUT2D eigenvalue weighted by atomic mass is 9.98. The van der Waals surface area contributed by atoms with Gasteiger partial charge in [-0.25, -0.2) is 4.79 Å². The van der Waals surface area contributed by atoms with Crippen LogP contribution in [0.5, 0.6) is 0 Å². The van der Waals surface area contributed by atoms with Gasteiger partial charge in [0.15, 0.2) is 5.96 Å². The molecule has 11 atom stereocenters. The van der Waals surface area contributed by atoms with Gasteiger partial charge in [-0.3, -0.25) is 57.7 Å². The summed E-state index contributed by atoms with van der Waals surface area (Å²) in [5.41, 5.74) is 27.8. The van der Waals surface area contributed by atoms with Gasteiger partial charge >= 0.3 is 11.9 Å². The van der Waals surface area contributed by atoms with Gasteiger partial charge in [0.1, 0.15) is 54.4 Å². The summed E-state index contributed by atoms with van der Waals surface area (Å²) in [6.45, 7) is 8.86. The second kappa shape index (κ2) is 38.4. The quantitative estimate of drug-likeness (QED) is 0.0118. The number of carboxylic acids is 2. The van der Waals surface area contributed by atoms with Crippen LogP contribution in [0.25, 0.3) is 0 Å². The maximum atomic E-state index is 13.9. The third-order valence-corrected chi connectivity index (χ3v) is 12.9. The molecule has 0 aliphatic carbocycles. The number of nitrogens with one attached hydrogen (secondary N) is 9. The van der Waals surface area contributed by atoms with Crippen LogP contribution in [0.15, 0.2) is 4.99 Å². The molecule has 0 bridgehead atoms. The van der Waals surface area contributed by atoms with Crippen LogP contribution in [0.4, 0.5) is 0 Å². The number of carboxylic acid groups (broad SMARTS) is 2. The van der Waals surface area contributed by atoms with Gasteiger partial charge in [-0.05, 0) is 76.7 Å². The van der Waals surface area contributed by atoms with Crippen LogP contribution in [-0.4, -0.2) is 178 Å². The molecular formula is C46H83N15O14S3. The van der Waals surface area contributed by atoms with Gasteiger partial charge in [-0.15, -0.1) is 0 Å². The van der Waals surface area contributed by atoms with Crippen molar-refractivity contribution in [2.45, 2.75) is 166 Å². The fourth-order valence-corrected chi connectivity index (χ4v) is 7.76. The minimum Gasteiger partial charge on any atom is -0.481 e. The van der Waals surface area contributed by atoms with E-state index in [0.717, 1.165) is 0 Å². The van der Waals surface area contributed by atoms with Crippen molar-refractivity contribution in [3.8, 4) is 0 Å². The monoisotopic (exact) mass is 1170 g/mol. The molecule has 29 nitrogen and oxygen atoms in total. The molecule has 444 valence electrons. The molecule has 0 heterocycles. The van der Waals surface area contributed by atoms with Crippen molar-refractivity contribution in [3.05, 3.63) is 0 Å². The lowest BCUT2D eigenvalue weighted by Gasteiger charge is -2.28. The SMILES string of the molecule is CC[C@H](C)[C@H](N)C(=O)N[C@@H](CCCCN)C(=O)N[C@@H](C)C(=O)N[C@@H](CS)C(=O)N[C@@H](CC(C)C)C(=O)N[C@@H](CS)C(=O)N[C@@H](CCCN=C(N)N)C(=O)N[C@@H](CS)C(=O)N[C@@H](CCC(N)=O)C(=O)N[C@@H](CCC(=O)O)C(=O)O. The molecular weight excluding hydrogens is 1080 g/mol. The largest absolute Gasteiger partial charge is 0.481 e. The first-order valence-corrected chi connectivity index (χ1v) is 27.3. The second-order valence-electron chi connectivity index (χ2n) is 18.8. The van der Waals surface area contributed by atoms with E-state index in [-0.39, 0.29) is 61.5 Å². The van der Waals surface area contributed by atoms with E-state index in [0.29, 0.717) is 25.8 Å². The number of carbonyl (C=O) groups excluding carboxylic acids is 10.